The van der Waals surface area contributed by atoms with Gasteiger partial charge in [0.05, 0.1) is 6.54 Å². The largest absolute Gasteiger partial charge is 0.309 e. The zero-order valence-electron chi connectivity index (χ0n) is 13.9. The van der Waals surface area contributed by atoms with Gasteiger partial charge in [0, 0.05) is 23.2 Å². The van der Waals surface area contributed by atoms with Crippen LogP contribution in [0.25, 0.3) is 11.3 Å². The van der Waals surface area contributed by atoms with Gasteiger partial charge in [-0.1, -0.05) is 67.9 Å². The van der Waals surface area contributed by atoms with E-state index in [1.165, 1.54) is 0 Å². The molecule has 1 heterocycles. The molecule has 0 saturated heterocycles. The van der Waals surface area contributed by atoms with Gasteiger partial charge >= 0.3 is 0 Å². The van der Waals surface area contributed by atoms with E-state index in [4.69, 9.17) is 16.7 Å². The monoisotopic (exact) mass is 340 g/mol. The second-order valence-corrected chi connectivity index (χ2v) is 6.49. The Hall–Kier alpha value is -2.17. The molecule has 0 atom stereocenters. The molecule has 0 unspecified atom stereocenters. The van der Waals surface area contributed by atoms with Gasteiger partial charge in [0.2, 0.25) is 0 Å². The molecule has 3 rings (SSSR count). The quantitative estimate of drug-likeness (QED) is 0.733. The van der Waals surface area contributed by atoms with Gasteiger partial charge in [0.25, 0.3) is 0 Å². The summed E-state index contributed by atoms with van der Waals surface area (Å²) in [6.07, 6.45) is 0. The first kappa shape index (κ1) is 16.7. The third-order valence-corrected chi connectivity index (χ3v) is 3.94. The smallest absolute Gasteiger partial charge is 0.117 e. The minimum atomic E-state index is 0.398. The Morgan fingerprint density at radius 3 is 2.38 bits per heavy atom. The molecule has 0 bridgehead atoms. The van der Waals surface area contributed by atoms with Crippen molar-refractivity contribution in [2.45, 2.75) is 33.0 Å². The number of rotatable bonds is 6. The Bertz CT molecular complexity index is 779. The molecule has 24 heavy (non-hydrogen) atoms. The summed E-state index contributed by atoms with van der Waals surface area (Å²) in [5.74, 6) is 0. The number of hydrogen-bond donors (Lipinski definition) is 1. The van der Waals surface area contributed by atoms with E-state index in [2.05, 4.69) is 36.4 Å². The summed E-state index contributed by atoms with van der Waals surface area (Å²) in [6, 6.07) is 18.4. The number of benzene rings is 2. The van der Waals surface area contributed by atoms with Crippen LogP contribution in [0.1, 0.15) is 25.1 Å². The molecular weight excluding hydrogens is 320 g/mol. The molecule has 0 aliphatic heterocycles. The van der Waals surface area contributed by atoms with Crippen molar-refractivity contribution in [3.05, 3.63) is 70.9 Å². The first-order chi connectivity index (χ1) is 11.6. The van der Waals surface area contributed by atoms with Crippen molar-refractivity contribution in [3.63, 3.8) is 0 Å². The van der Waals surface area contributed by atoms with Crippen LogP contribution < -0.4 is 5.32 Å². The van der Waals surface area contributed by atoms with Crippen LogP contribution in [0.2, 0.25) is 5.02 Å². The Kier molecular flexibility index (Phi) is 5.28. The summed E-state index contributed by atoms with van der Waals surface area (Å²) >= 11 is 5.95. The fourth-order valence-corrected chi connectivity index (χ4v) is 2.57. The first-order valence-corrected chi connectivity index (χ1v) is 8.47. The van der Waals surface area contributed by atoms with E-state index in [-0.39, 0.29) is 0 Å². The number of hydrogen-bond acceptors (Lipinski definition) is 3. The van der Waals surface area contributed by atoms with Crippen molar-refractivity contribution < 1.29 is 0 Å². The second kappa shape index (κ2) is 7.60. The topological polar surface area (TPSA) is 42.7 Å². The Balaban J connectivity index is 1.88. The average molecular weight is 341 g/mol. The highest BCUT2D eigenvalue weighted by Gasteiger charge is 2.13. The van der Waals surface area contributed by atoms with Crippen LogP contribution in [-0.2, 0) is 13.1 Å². The van der Waals surface area contributed by atoms with E-state index in [1.807, 2.05) is 42.5 Å². The van der Waals surface area contributed by atoms with Crippen LogP contribution in [0.4, 0.5) is 0 Å². The fourth-order valence-electron chi connectivity index (χ4n) is 2.45. The van der Waals surface area contributed by atoms with Crippen LogP contribution in [-0.4, -0.2) is 21.0 Å². The maximum atomic E-state index is 5.95. The SMILES string of the molecule is CC(C)NCc1nn(Cc2ccc(Cl)cc2)nc1-c1ccccc1. The van der Waals surface area contributed by atoms with Crippen LogP contribution in [0.5, 0.6) is 0 Å². The third-order valence-electron chi connectivity index (χ3n) is 3.69. The summed E-state index contributed by atoms with van der Waals surface area (Å²) in [7, 11) is 0. The molecule has 0 amide bonds. The lowest BCUT2D eigenvalue weighted by Gasteiger charge is -2.06. The van der Waals surface area contributed by atoms with Gasteiger partial charge in [0.15, 0.2) is 0 Å². The maximum absolute atomic E-state index is 5.95. The summed E-state index contributed by atoms with van der Waals surface area (Å²) in [5.41, 5.74) is 4.10. The van der Waals surface area contributed by atoms with Crippen LogP contribution in [0.15, 0.2) is 54.6 Å². The van der Waals surface area contributed by atoms with Crippen LogP contribution in [0, 0.1) is 0 Å². The van der Waals surface area contributed by atoms with Gasteiger partial charge in [-0.3, -0.25) is 0 Å². The molecule has 0 spiro atoms. The summed E-state index contributed by atoms with van der Waals surface area (Å²) in [5, 5.41) is 13.6. The highest BCUT2D eigenvalue weighted by molar-refractivity contribution is 6.30. The maximum Gasteiger partial charge on any atom is 0.117 e. The Morgan fingerprint density at radius 2 is 1.71 bits per heavy atom. The lowest BCUT2D eigenvalue weighted by atomic mass is 10.1. The average Bonchev–Trinajstić information content (AvgIpc) is 2.99. The molecule has 0 aliphatic carbocycles. The minimum Gasteiger partial charge on any atom is -0.309 e. The van der Waals surface area contributed by atoms with Crippen LogP contribution in [0.3, 0.4) is 0 Å². The summed E-state index contributed by atoms with van der Waals surface area (Å²) in [6.45, 7) is 5.57. The zero-order valence-corrected chi connectivity index (χ0v) is 14.7. The van der Waals surface area contributed by atoms with Crippen molar-refractivity contribution in [3.8, 4) is 11.3 Å². The first-order valence-electron chi connectivity index (χ1n) is 8.09. The minimum absolute atomic E-state index is 0.398. The second-order valence-electron chi connectivity index (χ2n) is 6.05. The Morgan fingerprint density at radius 1 is 1.00 bits per heavy atom. The number of aromatic nitrogens is 3. The fraction of sp³-hybridized carbons (Fsp3) is 0.263. The van der Waals surface area contributed by atoms with Crippen molar-refractivity contribution in [1.82, 2.24) is 20.3 Å². The highest BCUT2D eigenvalue weighted by atomic mass is 35.5. The number of nitrogens with one attached hydrogen (secondary N) is 1. The zero-order chi connectivity index (χ0) is 16.9. The molecule has 0 aliphatic rings. The van der Waals surface area contributed by atoms with E-state index in [9.17, 15) is 0 Å². The van der Waals surface area contributed by atoms with Gasteiger partial charge in [-0.2, -0.15) is 15.0 Å². The molecule has 1 N–H and O–H groups in total. The van der Waals surface area contributed by atoms with Gasteiger partial charge in [0.1, 0.15) is 11.4 Å². The lowest BCUT2D eigenvalue weighted by molar-refractivity contribution is 0.554. The number of halogens is 1. The van der Waals surface area contributed by atoms with Gasteiger partial charge < -0.3 is 5.32 Å². The molecule has 0 radical (unpaired) electrons. The molecule has 3 aromatic rings. The normalized spacial score (nSPS) is 11.2. The molecule has 1 aromatic heterocycles. The molecule has 5 heteroatoms. The van der Waals surface area contributed by atoms with Gasteiger partial charge in [-0.25, -0.2) is 0 Å². The molecule has 0 saturated carbocycles. The molecule has 0 fully saturated rings. The van der Waals surface area contributed by atoms with Crippen molar-refractivity contribution in [2.75, 3.05) is 0 Å². The third kappa shape index (κ3) is 4.22. The molecule has 2 aromatic carbocycles. The van der Waals surface area contributed by atoms with E-state index >= 15 is 0 Å². The van der Waals surface area contributed by atoms with Gasteiger partial charge in [-0.05, 0) is 17.7 Å². The van der Waals surface area contributed by atoms with E-state index < -0.39 is 0 Å². The predicted octanol–water partition coefficient (Wildman–Crippen LogP) is 4.14. The number of nitrogens with zero attached hydrogens (tertiary/aromatic N) is 3. The lowest BCUT2D eigenvalue weighted by Crippen LogP contribution is -2.22. The Labute approximate surface area is 147 Å². The highest BCUT2D eigenvalue weighted by Crippen LogP contribution is 2.20. The van der Waals surface area contributed by atoms with E-state index in [1.54, 1.807) is 4.80 Å². The molecular formula is C19H21ClN4. The molecule has 124 valence electrons. The van der Waals surface area contributed by atoms with Crippen molar-refractivity contribution >= 4 is 11.6 Å². The van der Waals surface area contributed by atoms with Crippen LogP contribution >= 0.6 is 11.6 Å². The predicted molar refractivity (Wildman–Crippen MR) is 98.0 cm³/mol. The summed E-state index contributed by atoms with van der Waals surface area (Å²) in [4.78, 5) is 1.75. The van der Waals surface area contributed by atoms with E-state index in [0.29, 0.717) is 19.1 Å². The van der Waals surface area contributed by atoms with E-state index in [0.717, 1.165) is 27.5 Å². The van der Waals surface area contributed by atoms with Gasteiger partial charge in [-0.15, -0.1) is 0 Å². The van der Waals surface area contributed by atoms with Crippen molar-refractivity contribution in [2.24, 2.45) is 0 Å². The van der Waals surface area contributed by atoms with Crippen molar-refractivity contribution in [1.29, 1.82) is 0 Å². The standard InChI is InChI=1S/C19H21ClN4/c1-14(2)21-12-18-19(16-6-4-3-5-7-16)23-24(22-18)13-15-8-10-17(20)11-9-15/h3-11,14,21H,12-13H2,1-2H3. The molecule has 4 nitrogen and oxygen atoms in total. The summed E-state index contributed by atoms with van der Waals surface area (Å²) < 4.78 is 0.